The van der Waals surface area contributed by atoms with Crippen LogP contribution in [0.5, 0.6) is 0 Å². The number of rotatable bonds is 7. The molecule has 4 nitrogen and oxygen atoms in total. The van der Waals surface area contributed by atoms with E-state index in [0.717, 1.165) is 24.0 Å². The van der Waals surface area contributed by atoms with Crippen LogP contribution in [0.15, 0.2) is 66.7 Å². The monoisotopic (exact) mass is 464 g/mol. The fourth-order valence-corrected chi connectivity index (χ4v) is 5.50. The molecule has 3 unspecified atom stereocenters. The van der Waals surface area contributed by atoms with Crippen LogP contribution in [0, 0.1) is 11.8 Å². The van der Waals surface area contributed by atoms with E-state index < -0.39 is 6.09 Å². The molecule has 3 aromatic rings. The molecule has 1 aliphatic heterocycles. The summed E-state index contributed by atoms with van der Waals surface area (Å²) in [6, 6.07) is 22.5. The van der Waals surface area contributed by atoms with Crippen LogP contribution < -0.4 is 5.11 Å². The Morgan fingerprint density at radius 1 is 1.03 bits per heavy atom. The van der Waals surface area contributed by atoms with Crippen LogP contribution in [0.1, 0.15) is 43.7 Å². The van der Waals surface area contributed by atoms with Crippen molar-refractivity contribution in [1.82, 2.24) is 4.90 Å². The summed E-state index contributed by atoms with van der Waals surface area (Å²) in [5.41, 5.74) is 2.23. The van der Waals surface area contributed by atoms with Gasteiger partial charge in [0.15, 0.2) is 0 Å². The number of carbonyl (C=O) groups excluding carboxylic acids is 1. The van der Waals surface area contributed by atoms with Crippen molar-refractivity contribution in [1.29, 1.82) is 0 Å². The number of nitrogens with zero attached hydrogens (tertiary/aromatic N) is 1. The molecule has 1 saturated heterocycles. The number of ether oxygens (including phenoxy) is 1. The van der Waals surface area contributed by atoms with Gasteiger partial charge in [-0.25, -0.2) is 0 Å². The largest absolute Gasteiger partial charge is 0.530 e. The molecule has 0 N–H and O–H groups in total. The van der Waals surface area contributed by atoms with Crippen LogP contribution in [0.3, 0.4) is 0 Å². The Kier molecular flexibility index (Phi) is 7.56. The molecular weight excluding hydrogens is 434 g/mol. The number of benzene rings is 3. The van der Waals surface area contributed by atoms with E-state index in [-0.39, 0.29) is 17.9 Å². The highest BCUT2D eigenvalue weighted by Crippen LogP contribution is 2.41. The van der Waals surface area contributed by atoms with Crippen LogP contribution in [0.25, 0.3) is 10.8 Å². The number of hydrogen-bond acceptors (Lipinski definition) is 3. The van der Waals surface area contributed by atoms with Crippen molar-refractivity contribution in [2.24, 2.45) is 11.8 Å². The fourth-order valence-electron chi connectivity index (χ4n) is 5.37. The Labute approximate surface area is 201 Å². The Morgan fingerprint density at radius 2 is 1.73 bits per heavy atom. The Hall–Kier alpha value is -2.56. The molecule has 5 heteroatoms. The van der Waals surface area contributed by atoms with Gasteiger partial charge in [-0.3, -0.25) is 0 Å². The number of fused-ring (bicyclic) bond motifs is 1. The number of carboxylic acid groups (broad SMARTS) is 1. The minimum Gasteiger partial charge on any atom is -0.530 e. The van der Waals surface area contributed by atoms with E-state index in [1.807, 2.05) is 24.3 Å². The molecular formula is C28H31ClNO3-. The number of halogens is 1. The van der Waals surface area contributed by atoms with Gasteiger partial charge in [-0.2, -0.15) is 0 Å². The lowest BCUT2D eigenvalue weighted by Crippen LogP contribution is -2.56. The third-order valence-electron chi connectivity index (χ3n) is 7.14. The van der Waals surface area contributed by atoms with Gasteiger partial charge in [0.2, 0.25) is 0 Å². The van der Waals surface area contributed by atoms with Gasteiger partial charge < -0.3 is 19.5 Å². The first-order chi connectivity index (χ1) is 16.0. The first kappa shape index (κ1) is 23.6. The number of hydrogen-bond donors (Lipinski definition) is 0. The van der Waals surface area contributed by atoms with E-state index in [1.165, 1.54) is 15.7 Å². The Balaban J connectivity index is 1.65. The van der Waals surface area contributed by atoms with Crippen molar-refractivity contribution >= 4 is 28.5 Å². The second-order valence-electron chi connectivity index (χ2n) is 9.02. The summed E-state index contributed by atoms with van der Waals surface area (Å²) >= 11 is 6.17. The van der Waals surface area contributed by atoms with Gasteiger partial charge in [0.05, 0.1) is 12.7 Å². The second-order valence-corrected chi connectivity index (χ2v) is 9.46. The lowest BCUT2D eigenvalue weighted by Gasteiger charge is -2.47. The first-order valence-electron chi connectivity index (χ1n) is 11.8. The summed E-state index contributed by atoms with van der Waals surface area (Å²) in [5.74, 6) is 0.622. The predicted molar refractivity (Wildman–Crippen MR) is 131 cm³/mol. The average molecular weight is 465 g/mol. The smallest absolute Gasteiger partial charge is 0.137 e. The standard InChI is InChI=1S/C28H32ClNO3/c1-3-20(4-2)25-16-30(28(31)32)17-26(27(25)22-11-13-24(29)14-12-22)33-18-19-9-10-21-7-5-6-8-23(21)15-19/h5-15,20,25-27H,3-4,16-18H2,1-2H3,(H,31,32)/p-1. The van der Waals surface area contributed by atoms with Crippen molar-refractivity contribution in [2.45, 2.75) is 45.3 Å². The van der Waals surface area contributed by atoms with Crippen molar-refractivity contribution in [3.05, 3.63) is 82.9 Å². The molecule has 0 radical (unpaired) electrons. The van der Waals surface area contributed by atoms with Gasteiger partial charge in [-0.15, -0.1) is 0 Å². The van der Waals surface area contributed by atoms with Gasteiger partial charge in [-0.05, 0) is 51.9 Å². The highest BCUT2D eigenvalue weighted by molar-refractivity contribution is 6.30. The van der Waals surface area contributed by atoms with E-state index in [2.05, 4.69) is 56.3 Å². The zero-order valence-electron chi connectivity index (χ0n) is 19.2. The normalized spacial score (nSPS) is 21.0. The van der Waals surface area contributed by atoms with Crippen LogP contribution >= 0.6 is 11.6 Å². The molecule has 174 valence electrons. The van der Waals surface area contributed by atoms with E-state index >= 15 is 0 Å². The van der Waals surface area contributed by atoms with Gasteiger partial charge in [-0.1, -0.05) is 86.8 Å². The molecule has 0 spiro atoms. The van der Waals surface area contributed by atoms with Crippen LogP contribution in [0.2, 0.25) is 5.02 Å². The molecule has 1 heterocycles. The van der Waals surface area contributed by atoms with Crippen LogP contribution in [-0.4, -0.2) is 30.2 Å². The van der Waals surface area contributed by atoms with Gasteiger partial charge in [0.1, 0.15) is 6.09 Å². The highest BCUT2D eigenvalue weighted by Gasteiger charge is 2.41. The van der Waals surface area contributed by atoms with Crippen molar-refractivity contribution in [2.75, 3.05) is 13.1 Å². The summed E-state index contributed by atoms with van der Waals surface area (Å²) in [6.07, 6.45) is 0.585. The molecule has 0 aromatic heterocycles. The molecule has 0 bridgehead atoms. The number of carbonyl (C=O) groups is 1. The van der Waals surface area contributed by atoms with Gasteiger partial charge >= 0.3 is 0 Å². The topological polar surface area (TPSA) is 52.6 Å². The summed E-state index contributed by atoms with van der Waals surface area (Å²) < 4.78 is 6.50. The Morgan fingerprint density at radius 3 is 2.39 bits per heavy atom. The van der Waals surface area contributed by atoms with Gasteiger partial charge in [0.25, 0.3) is 0 Å². The predicted octanol–water partition coefficient (Wildman–Crippen LogP) is 5.87. The summed E-state index contributed by atoms with van der Waals surface area (Å²) in [5, 5.41) is 14.9. The maximum atomic E-state index is 11.9. The zero-order valence-corrected chi connectivity index (χ0v) is 20.0. The van der Waals surface area contributed by atoms with Crippen molar-refractivity contribution < 1.29 is 14.6 Å². The number of amides is 1. The lowest BCUT2D eigenvalue weighted by molar-refractivity contribution is -0.270. The second kappa shape index (κ2) is 10.6. The number of piperidine rings is 1. The average Bonchev–Trinajstić information content (AvgIpc) is 2.83. The maximum Gasteiger partial charge on any atom is 0.137 e. The lowest BCUT2D eigenvalue weighted by atomic mass is 9.70. The van der Waals surface area contributed by atoms with Crippen molar-refractivity contribution in [3.8, 4) is 0 Å². The first-order valence-corrected chi connectivity index (χ1v) is 12.2. The van der Waals surface area contributed by atoms with E-state index in [4.69, 9.17) is 16.3 Å². The third-order valence-corrected chi connectivity index (χ3v) is 7.39. The molecule has 1 aliphatic rings. The molecule has 3 atom stereocenters. The van der Waals surface area contributed by atoms with Gasteiger partial charge in [0, 0.05) is 24.0 Å². The fraction of sp³-hybridized carbons (Fsp3) is 0.393. The minimum atomic E-state index is -1.13. The van der Waals surface area contributed by atoms with Crippen molar-refractivity contribution in [3.63, 3.8) is 0 Å². The molecule has 3 aromatic carbocycles. The molecule has 33 heavy (non-hydrogen) atoms. The third kappa shape index (κ3) is 5.34. The summed E-state index contributed by atoms with van der Waals surface area (Å²) in [7, 11) is 0. The van der Waals surface area contributed by atoms with E-state index in [1.54, 1.807) is 0 Å². The molecule has 1 fully saturated rings. The summed E-state index contributed by atoms with van der Waals surface area (Å²) in [6.45, 7) is 5.56. The molecule has 0 saturated carbocycles. The minimum absolute atomic E-state index is 0.0863. The quantitative estimate of drug-likeness (QED) is 0.439. The SMILES string of the molecule is CCC(CC)C1CN(C(=O)[O-])CC(OCc2ccc3ccccc3c2)C1c1ccc(Cl)cc1. The highest BCUT2D eigenvalue weighted by atomic mass is 35.5. The zero-order chi connectivity index (χ0) is 23.4. The van der Waals surface area contributed by atoms with Crippen LogP contribution in [0.4, 0.5) is 4.79 Å². The van der Waals surface area contributed by atoms with E-state index in [9.17, 15) is 9.90 Å². The Bertz CT molecular complexity index is 1080. The molecule has 0 aliphatic carbocycles. The van der Waals surface area contributed by atoms with E-state index in [0.29, 0.717) is 30.6 Å². The maximum absolute atomic E-state index is 11.9. The molecule has 4 rings (SSSR count). The summed E-state index contributed by atoms with van der Waals surface area (Å²) in [4.78, 5) is 13.3. The molecule has 1 amide bonds. The van der Waals surface area contributed by atoms with Crippen LogP contribution in [-0.2, 0) is 11.3 Å². The number of likely N-dealkylation sites (tertiary alicyclic amines) is 1.